The summed E-state index contributed by atoms with van der Waals surface area (Å²) in [4.78, 5) is 18.9. The number of rotatable bonds is 4. The average molecular weight is 397 g/mol. The van der Waals surface area contributed by atoms with Crippen LogP contribution in [0.2, 0.25) is 0 Å². The number of para-hydroxylation sites is 1. The number of anilines is 2. The number of H-pyrrole nitrogens is 1. The molecular weight excluding hydrogens is 373 g/mol. The van der Waals surface area contributed by atoms with Gasteiger partial charge in [-0.05, 0) is 37.8 Å². The number of carbonyl (C=O) groups is 1. The molecule has 152 valence electrons. The summed E-state index contributed by atoms with van der Waals surface area (Å²) in [6.07, 6.45) is 7.78. The summed E-state index contributed by atoms with van der Waals surface area (Å²) in [5.74, 6) is -0.0241. The number of hydrogen-bond donors (Lipinski definition) is 2. The molecule has 8 heteroatoms. The van der Waals surface area contributed by atoms with Gasteiger partial charge in [-0.3, -0.25) is 9.89 Å². The molecule has 5 rings (SSSR count). The molecule has 3 aromatic rings. The second-order valence-electron chi connectivity index (χ2n) is 8.04. The molecular formula is C21H24FN5O2. The van der Waals surface area contributed by atoms with E-state index in [2.05, 4.69) is 20.5 Å². The van der Waals surface area contributed by atoms with Crippen LogP contribution in [0.25, 0.3) is 11.1 Å². The molecule has 0 bridgehead atoms. The molecule has 3 heterocycles. The molecule has 2 aliphatic rings. The van der Waals surface area contributed by atoms with Crippen LogP contribution in [-0.4, -0.2) is 34.2 Å². The van der Waals surface area contributed by atoms with Crippen molar-refractivity contribution in [2.75, 3.05) is 23.3 Å². The third-order valence-corrected chi connectivity index (χ3v) is 6.11. The number of amides is 1. The Hall–Kier alpha value is -2.90. The summed E-state index contributed by atoms with van der Waals surface area (Å²) in [6, 6.07) is 5.17. The minimum atomic E-state index is -0.378. The van der Waals surface area contributed by atoms with Gasteiger partial charge in [0.25, 0.3) is 6.01 Å². The van der Waals surface area contributed by atoms with Crippen LogP contribution < -0.4 is 10.2 Å². The summed E-state index contributed by atoms with van der Waals surface area (Å²) in [6.45, 7) is 1.46. The van der Waals surface area contributed by atoms with E-state index < -0.39 is 0 Å². The first kappa shape index (κ1) is 18.1. The standard InChI is InChI=1S/C21H24FN5O2/c22-15-8-3-9-17-19(15)25-21(29-17)27-10-4-7-14(12-27)18-16(11-23-26-18)24-20(28)13-5-1-2-6-13/h3,8-9,11,13-14H,1-2,4-7,10,12H2,(H,23,26)(H,24,28). The summed E-state index contributed by atoms with van der Waals surface area (Å²) in [7, 11) is 0. The zero-order valence-electron chi connectivity index (χ0n) is 16.2. The number of benzene rings is 1. The van der Waals surface area contributed by atoms with Crippen molar-refractivity contribution >= 4 is 28.7 Å². The molecule has 1 aliphatic heterocycles. The number of halogens is 1. The van der Waals surface area contributed by atoms with Crippen molar-refractivity contribution in [3.8, 4) is 0 Å². The smallest absolute Gasteiger partial charge is 0.298 e. The number of oxazole rings is 1. The first-order valence-corrected chi connectivity index (χ1v) is 10.3. The maximum absolute atomic E-state index is 14.0. The molecule has 1 saturated heterocycles. The van der Waals surface area contributed by atoms with Crippen LogP contribution >= 0.6 is 0 Å². The van der Waals surface area contributed by atoms with Gasteiger partial charge in [0.05, 0.1) is 17.6 Å². The van der Waals surface area contributed by atoms with Crippen molar-refractivity contribution in [2.45, 2.75) is 44.4 Å². The Morgan fingerprint density at radius 2 is 2.10 bits per heavy atom. The Morgan fingerprint density at radius 1 is 1.24 bits per heavy atom. The van der Waals surface area contributed by atoms with Crippen LogP contribution in [0.3, 0.4) is 0 Å². The molecule has 2 aromatic heterocycles. The predicted octanol–water partition coefficient (Wildman–Crippen LogP) is 4.20. The molecule has 0 radical (unpaired) electrons. The molecule has 1 saturated carbocycles. The molecule has 0 spiro atoms. The number of carbonyl (C=O) groups excluding carboxylic acids is 1. The van der Waals surface area contributed by atoms with Gasteiger partial charge in [-0.25, -0.2) is 4.39 Å². The lowest BCUT2D eigenvalue weighted by atomic mass is 9.94. The van der Waals surface area contributed by atoms with Gasteiger partial charge in [-0.1, -0.05) is 18.9 Å². The van der Waals surface area contributed by atoms with E-state index in [1.165, 1.54) is 6.07 Å². The van der Waals surface area contributed by atoms with E-state index in [0.717, 1.165) is 56.5 Å². The van der Waals surface area contributed by atoms with E-state index in [1.54, 1.807) is 18.3 Å². The van der Waals surface area contributed by atoms with Gasteiger partial charge in [-0.2, -0.15) is 10.1 Å². The first-order valence-electron chi connectivity index (χ1n) is 10.3. The lowest BCUT2D eigenvalue weighted by Crippen LogP contribution is -2.35. The summed E-state index contributed by atoms with van der Waals surface area (Å²) in [5.41, 5.74) is 2.41. The minimum absolute atomic E-state index is 0.0900. The summed E-state index contributed by atoms with van der Waals surface area (Å²) >= 11 is 0. The maximum Gasteiger partial charge on any atom is 0.298 e. The Kier molecular flexibility index (Phi) is 4.69. The van der Waals surface area contributed by atoms with Crippen LogP contribution in [0.4, 0.5) is 16.1 Å². The van der Waals surface area contributed by atoms with Gasteiger partial charge in [0, 0.05) is 24.9 Å². The van der Waals surface area contributed by atoms with E-state index in [9.17, 15) is 9.18 Å². The monoisotopic (exact) mass is 397 g/mol. The van der Waals surface area contributed by atoms with Crippen molar-refractivity contribution < 1.29 is 13.6 Å². The van der Waals surface area contributed by atoms with Crippen LogP contribution in [0, 0.1) is 11.7 Å². The SMILES string of the molecule is O=C(Nc1cn[nH]c1C1CCCN(c2nc3c(F)cccc3o2)C1)C1CCCC1. The zero-order valence-corrected chi connectivity index (χ0v) is 16.2. The van der Waals surface area contributed by atoms with E-state index in [0.29, 0.717) is 18.1 Å². The fourth-order valence-electron chi connectivity index (χ4n) is 4.55. The highest BCUT2D eigenvalue weighted by atomic mass is 19.1. The number of hydrogen-bond acceptors (Lipinski definition) is 5. The van der Waals surface area contributed by atoms with Crippen LogP contribution in [-0.2, 0) is 4.79 Å². The number of piperidine rings is 1. The zero-order chi connectivity index (χ0) is 19.8. The van der Waals surface area contributed by atoms with E-state index >= 15 is 0 Å². The second kappa shape index (κ2) is 7.50. The molecule has 1 aliphatic carbocycles. The lowest BCUT2D eigenvalue weighted by molar-refractivity contribution is -0.119. The lowest BCUT2D eigenvalue weighted by Gasteiger charge is -2.31. The molecule has 1 atom stereocenters. The summed E-state index contributed by atoms with van der Waals surface area (Å²) in [5, 5.41) is 10.3. The maximum atomic E-state index is 14.0. The topological polar surface area (TPSA) is 87.0 Å². The van der Waals surface area contributed by atoms with Crippen LogP contribution in [0.15, 0.2) is 28.8 Å². The van der Waals surface area contributed by atoms with Gasteiger partial charge in [0.15, 0.2) is 11.4 Å². The summed E-state index contributed by atoms with van der Waals surface area (Å²) < 4.78 is 19.8. The number of fused-ring (bicyclic) bond motifs is 1. The fraction of sp³-hybridized carbons (Fsp3) is 0.476. The number of aromatic amines is 1. The van der Waals surface area contributed by atoms with Gasteiger partial charge in [0.1, 0.15) is 5.52 Å². The molecule has 2 fully saturated rings. The first-order chi connectivity index (χ1) is 14.2. The minimum Gasteiger partial charge on any atom is -0.423 e. The van der Waals surface area contributed by atoms with Crippen molar-refractivity contribution in [1.82, 2.24) is 15.2 Å². The van der Waals surface area contributed by atoms with Crippen molar-refractivity contribution in [3.05, 3.63) is 35.9 Å². The number of aromatic nitrogens is 3. The van der Waals surface area contributed by atoms with E-state index in [-0.39, 0.29) is 29.1 Å². The van der Waals surface area contributed by atoms with Crippen LogP contribution in [0.1, 0.15) is 50.1 Å². The van der Waals surface area contributed by atoms with Crippen molar-refractivity contribution in [2.24, 2.45) is 5.92 Å². The Bertz CT molecular complexity index is 1020. The Labute approximate surface area is 167 Å². The highest BCUT2D eigenvalue weighted by Gasteiger charge is 2.29. The molecule has 29 heavy (non-hydrogen) atoms. The highest BCUT2D eigenvalue weighted by molar-refractivity contribution is 5.93. The Balaban J connectivity index is 1.34. The fourth-order valence-corrected chi connectivity index (χ4v) is 4.55. The average Bonchev–Trinajstić information content (AvgIpc) is 3.48. The van der Waals surface area contributed by atoms with Gasteiger partial charge < -0.3 is 14.6 Å². The van der Waals surface area contributed by atoms with Crippen LogP contribution in [0.5, 0.6) is 0 Å². The molecule has 1 unspecified atom stereocenters. The Morgan fingerprint density at radius 3 is 2.93 bits per heavy atom. The third-order valence-electron chi connectivity index (χ3n) is 6.11. The van der Waals surface area contributed by atoms with Crippen molar-refractivity contribution in [1.29, 1.82) is 0 Å². The number of nitrogens with one attached hydrogen (secondary N) is 2. The third kappa shape index (κ3) is 3.47. The van der Waals surface area contributed by atoms with Gasteiger partial charge in [0.2, 0.25) is 5.91 Å². The quantitative estimate of drug-likeness (QED) is 0.689. The molecule has 1 amide bonds. The highest BCUT2D eigenvalue weighted by Crippen LogP contribution is 2.34. The molecule has 2 N–H and O–H groups in total. The predicted molar refractivity (Wildman–Crippen MR) is 107 cm³/mol. The second-order valence-corrected chi connectivity index (χ2v) is 8.04. The molecule has 1 aromatic carbocycles. The van der Waals surface area contributed by atoms with E-state index in [1.807, 2.05) is 4.90 Å². The largest absolute Gasteiger partial charge is 0.423 e. The van der Waals surface area contributed by atoms with E-state index in [4.69, 9.17) is 4.42 Å². The number of nitrogens with zero attached hydrogens (tertiary/aromatic N) is 3. The van der Waals surface area contributed by atoms with Gasteiger partial charge >= 0.3 is 0 Å². The van der Waals surface area contributed by atoms with Gasteiger partial charge in [-0.15, -0.1) is 0 Å². The normalized spacial score (nSPS) is 20.4. The van der Waals surface area contributed by atoms with Crippen molar-refractivity contribution in [3.63, 3.8) is 0 Å². The molecule has 7 nitrogen and oxygen atoms in total.